The van der Waals surface area contributed by atoms with E-state index in [1.54, 1.807) is 4.40 Å². The van der Waals surface area contributed by atoms with Gasteiger partial charge in [-0.2, -0.15) is 4.98 Å². The minimum Gasteiger partial charge on any atom is -0.468 e. The van der Waals surface area contributed by atoms with Crippen molar-refractivity contribution in [1.82, 2.24) is 19.3 Å². The fourth-order valence-corrected chi connectivity index (χ4v) is 7.56. The number of halogens is 1. The molecular weight excluding hydrogens is 540 g/mol. The van der Waals surface area contributed by atoms with Gasteiger partial charge in [0.2, 0.25) is 0 Å². The van der Waals surface area contributed by atoms with Crippen LogP contribution in [0.2, 0.25) is 0 Å². The quantitative estimate of drug-likeness (QED) is 0.300. The summed E-state index contributed by atoms with van der Waals surface area (Å²) in [4.78, 5) is 37.5. The number of nitrogens with zero attached hydrogens (tertiary/aromatic N) is 3. The molecule has 1 N–H and O–H groups in total. The maximum atomic E-state index is 14.6. The molecule has 2 unspecified atom stereocenters. The highest BCUT2D eigenvalue weighted by Crippen LogP contribution is 2.50. The smallest absolute Gasteiger partial charge is 0.342 e. The molecule has 230 valence electrons. The predicted molar refractivity (Wildman–Crippen MR) is 164 cm³/mol. The van der Waals surface area contributed by atoms with E-state index >= 15 is 0 Å². The third-order valence-electron chi connectivity index (χ3n) is 9.41. The zero-order chi connectivity index (χ0) is 30.4. The van der Waals surface area contributed by atoms with Crippen molar-refractivity contribution in [3.05, 3.63) is 27.3 Å². The molecule has 0 saturated heterocycles. The molecule has 4 rings (SSSR count). The van der Waals surface area contributed by atoms with Gasteiger partial charge in [-0.15, -0.1) is 11.6 Å². The average Bonchev–Trinajstić information content (AvgIpc) is 3.17. The van der Waals surface area contributed by atoms with Crippen molar-refractivity contribution in [2.24, 2.45) is 28.6 Å². The first-order valence-corrected chi connectivity index (χ1v) is 15.7. The molecule has 0 radical (unpaired) electrons. The molecule has 9 heteroatoms. The molecule has 2 fully saturated rings. The van der Waals surface area contributed by atoms with Crippen LogP contribution in [0, 0.1) is 28.6 Å². The lowest BCUT2D eigenvalue weighted by molar-refractivity contribution is -0.0923. The highest BCUT2D eigenvalue weighted by molar-refractivity contribution is 6.20. The number of alkyl halides is 1. The second-order valence-corrected chi connectivity index (χ2v) is 15.6. The van der Waals surface area contributed by atoms with Crippen LogP contribution < -0.4 is 10.4 Å². The number of fused-ring (bicyclic) bond motifs is 1. The zero-order valence-corrected chi connectivity index (χ0v) is 27.5. The summed E-state index contributed by atoms with van der Waals surface area (Å²) < 4.78 is 13.6. The van der Waals surface area contributed by atoms with Crippen molar-refractivity contribution in [2.75, 3.05) is 21.2 Å². The van der Waals surface area contributed by atoms with Crippen LogP contribution in [0.15, 0.2) is 4.79 Å². The lowest BCUT2D eigenvalue weighted by Gasteiger charge is -2.50. The van der Waals surface area contributed by atoms with E-state index in [1.807, 2.05) is 19.0 Å². The van der Waals surface area contributed by atoms with E-state index in [0.717, 1.165) is 49.8 Å². The van der Waals surface area contributed by atoms with Crippen molar-refractivity contribution in [2.45, 2.75) is 111 Å². The average molecular weight is 591 g/mol. The van der Waals surface area contributed by atoms with Gasteiger partial charge in [0.05, 0.1) is 7.11 Å². The van der Waals surface area contributed by atoms with Crippen LogP contribution in [-0.2, 0) is 11.3 Å². The summed E-state index contributed by atoms with van der Waals surface area (Å²) in [6, 6.07) is 0.0769. The lowest BCUT2D eigenvalue weighted by atomic mass is 9.59. The molecule has 2 saturated carbocycles. The third kappa shape index (κ3) is 6.64. The summed E-state index contributed by atoms with van der Waals surface area (Å²) in [5.41, 5.74) is 1.92. The van der Waals surface area contributed by atoms with Gasteiger partial charge < -0.3 is 14.4 Å². The van der Waals surface area contributed by atoms with Crippen molar-refractivity contribution in [1.29, 1.82) is 0 Å². The first kappa shape index (κ1) is 31.9. The van der Waals surface area contributed by atoms with Crippen molar-refractivity contribution < 1.29 is 14.3 Å². The molecular formula is C32H51ClN4O4. The Morgan fingerprint density at radius 1 is 1.05 bits per heavy atom. The Labute approximate surface area is 250 Å². The summed E-state index contributed by atoms with van der Waals surface area (Å²) in [5.74, 6) is 0.647. The number of hydrogen-bond acceptors (Lipinski definition) is 6. The van der Waals surface area contributed by atoms with Gasteiger partial charge in [0, 0.05) is 29.5 Å². The second-order valence-electron chi connectivity index (χ2n) is 15.0. The first-order valence-electron chi connectivity index (χ1n) is 15.2. The second kappa shape index (κ2) is 11.9. The molecule has 0 aliphatic heterocycles. The van der Waals surface area contributed by atoms with Gasteiger partial charge in [0.25, 0.3) is 6.01 Å². The molecule has 2 heterocycles. The van der Waals surface area contributed by atoms with Gasteiger partial charge >= 0.3 is 11.7 Å². The summed E-state index contributed by atoms with van der Waals surface area (Å²) in [6.07, 6.45) is 5.18. The molecule has 2 aromatic rings. The van der Waals surface area contributed by atoms with Crippen LogP contribution in [0.25, 0.3) is 5.65 Å². The predicted octanol–water partition coefficient (Wildman–Crippen LogP) is 6.64. The van der Waals surface area contributed by atoms with Gasteiger partial charge in [0.15, 0.2) is 5.65 Å². The lowest BCUT2D eigenvalue weighted by Crippen LogP contribution is -2.49. The Bertz CT molecular complexity index is 1270. The Hall–Kier alpha value is -2.06. The standard InChI is InChI=1S/C32H51ClN4O4/c1-18-15-21(31(2,3)4)26(22(16-18)32(5,6)7)41-28(38)25-24(19-11-13-20(33)14-12-19)23(17-36(8)9)37-27(25)34-29(40-10)35-30(37)39/h18-22,26H,11-17H2,1-10H3,(H,34,35,39). The van der Waals surface area contributed by atoms with E-state index in [1.165, 1.54) is 7.11 Å². The number of H-pyrrole nitrogens is 1. The largest absolute Gasteiger partial charge is 0.468 e. The summed E-state index contributed by atoms with van der Waals surface area (Å²) in [7, 11) is 5.39. The van der Waals surface area contributed by atoms with Gasteiger partial charge in [-0.1, -0.05) is 48.5 Å². The van der Waals surface area contributed by atoms with Crippen LogP contribution in [0.3, 0.4) is 0 Å². The summed E-state index contributed by atoms with van der Waals surface area (Å²) in [5, 5.41) is 0.127. The van der Waals surface area contributed by atoms with Crippen LogP contribution in [0.4, 0.5) is 0 Å². The summed E-state index contributed by atoms with van der Waals surface area (Å²) >= 11 is 6.51. The van der Waals surface area contributed by atoms with Gasteiger partial charge in [-0.05, 0) is 80.8 Å². The van der Waals surface area contributed by atoms with Crippen LogP contribution in [-0.4, -0.2) is 57.9 Å². The molecule has 0 bridgehead atoms. The Morgan fingerprint density at radius 3 is 2.10 bits per heavy atom. The highest BCUT2D eigenvalue weighted by Gasteiger charge is 2.48. The number of nitrogens with one attached hydrogen (secondary N) is 1. The van der Waals surface area contributed by atoms with E-state index in [-0.39, 0.29) is 51.8 Å². The number of aromatic amines is 1. The number of esters is 1. The van der Waals surface area contributed by atoms with Crippen molar-refractivity contribution in [3.63, 3.8) is 0 Å². The van der Waals surface area contributed by atoms with Gasteiger partial charge in [0.1, 0.15) is 11.7 Å². The minimum absolute atomic E-state index is 0.0395. The van der Waals surface area contributed by atoms with Crippen molar-refractivity contribution in [3.8, 4) is 6.01 Å². The molecule has 41 heavy (non-hydrogen) atoms. The maximum Gasteiger partial charge on any atom is 0.342 e. The molecule has 2 atom stereocenters. The number of hydrogen-bond donors (Lipinski definition) is 1. The molecule has 0 aromatic carbocycles. The fourth-order valence-electron chi connectivity index (χ4n) is 7.31. The zero-order valence-electron chi connectivity index (χ0n) is 26.8. The number of carbonyl (C=O) groups excluding carboxylic acids is 1. The van der Waals surface area contributed by atoms with E-state index in [9.17, 15) is 9.59 Å². The molecule has 2 aliphatic rings. The van der Waals surface area contributed by atoms with E-state index < -0.39 is 5.97 Å². The molecule has 0 amide bonds. The monoisotopic (exact) mass is 590 g/mol. The maximum absolute atomic E-state index is 14.6. The van der Waals surface area contributed by atoms with Crippen LogP contribution in [0.1, 0.15) is 115 Å². The van der Waals surface area contributed by atoms with E-state index in [0.29, 0.717) is 23.7 Å². The molecule has 2 aromatic heterocycles. The van der Waals surface area contributed by atoms with Crippen LogP contribution in [0.5, 0.6) is 6.01 Å². The Balaban J connectivity index is 1.93. The minimum atomic E-state index is -0.390. The first-order chi connectivity index (χ1) is 19.0. The number of aromatic nitrogens is 3. The fraction of sp³-hybridized carbons (Fsp3) is 0.781. The molecule has 8 nitrogen and oxygen atoms in total. The SMILES string of the molecule is COc1nc2c(C(=O)OC3C(C(C)(C)C)CC(C)CC3C(C)(C)C)c(C3CCC(Cl)CC3)c(CN(C)C)n2c(=O)[nH]1. The van der Waals surface area contributed by atoms with Gasteiger partial charge in [-0.25, -0.2) is 14.0 Å². The Morgan fingerprint density at radius 2 is 1.61 bits per heavy atom. The molecule has 2 aliphatic carbocycles. The van der Waals surface area contributed by atoms with Crippen molar-refractivity contribution >= 4 is 23.2 Å². The number of methoxy groups -OCH3 is 1. The third-order valence-corrected chi connectivity index (χ3v) is 9.85. The molecule has 0 spiro atoms. The summed E-state index contributed by atoms with van der Waals surface area (Å²) in [6.45, 7) is 16.3. The van der Waals surface area contributed by atoms with E-state index in [4.69, 9.17) is 21.1 Å². The van der Waals surface area contributed by atoms with Crippen LogP contribution >= 0.6 is 11.6 Å². The normalized spacial score (nSPS) is 27.8. The highest BCUT2D eigenvalue weighted by atomic mass is 35.5. The number of ether oxygens (including phenoxy) is 2. The number of carbonyl (C=O) groups is 1. The number of rotatable bonds is 6. The van der Waals surface area contributed by atoms with Gasteiger partial charge in [-0.3, -0.25) is 4.98 Å². The Kier molecular flexibility index (Phi) is 9.25. The topological polar surface area (TPSA) is 88.9 Å². The van der Waals surface area contributed by atoms with E-state index in [2.05, 4.69) is 58.4 Å².